The number of hydrogen-bond acceptors (Lipinski definition) is 2. The van der Waals surface area contributed by atoms with E-state index in [9.17, 15) is 4.39 Å². The molecule has 1 atom stereocenters. The second kappa shape index (κ2) is 6.64. The highest BCUT2D eigenvalue weighted by Gasteiger charge is 2.17. The van der Waals surface area contributed by atoms with Gasteiger partial charge in [-0.1, -0.05) is 36.7 Å². The van der Waals surface area contributed by atoms with Crippen molar-refractivity contribution in [2.45, 2.75) is 19.4 Å². The molecule has 4 heteroatoms. The molecule has 0 spiro atoms. The number of benzene rings is 1. The van der Waals surface area contributed by atoms with Gasteiger partial charge in [-0.25, -0.2) is 4.39 Å². The fraction of sp³-hybridized carbons (Fsp3) is 0.267. The van der Waals surface area contributed by atoms with Crippen molar-refractivity contribution in [2.75, 3.05) is 6.54 Å². The summed E-state index contributed by atoms with van der Waals surface area (Å²) >= 11 is 5.84. The SMILES string of the molecule is CCNC(Cc1ccccn1)c1cccc(Cl)c1F. The Balaban J connectivity index is 2.27. The van der Waals surface area contributed by atoms with Crippen molar-refractivity contribution in [3.05, 3.63) is 64.7 Å². The van der Waals surface area contributed by atoms with Gasteiger partial charge in [0.15, 0.2) is 0 Å². The predicted molar refractivity (Wildman–Crippen MR) is 75.8 cm³/mol. The molecule has 2 rings (SSSR count). The molecular weight excluding hydrogens is 263 g/mol. The molecule has 0 saturated heterocycles. The molecule has 1 N–H and O–H groups in total. The van der Waals surface area contributed by atoms with E-state index in [1.54, 1.807) is 24.4 Å². The Hall–Kier alpha value is -1.45. The first-order valence-corrected chi connectivity index (χ1v) is 6.67. The topological polar surface area (TPSA) is 24.9 Å². The van der Waals surface area contributed by atoms with Crippen molar-refractivity contribution in [3.8, 4) is 0 Å². The number of nitrogens with zero attached hydrogens (tertiary/aromatic N) is 1. The molecule has 0 aliphatic carbocycles. The summed E-state index contributed by atoms with van der Waals surface area (Å²) in [5.41, 5.74) is 1.51. The molecule has 1 aromatic carbocycles. The largest absolute Gasteiger partial charge is 0.310 e. The molecule has 1 unspecified atom stereocenters. The molecule has 19 heavy (non-hydrogen) atoms. The zero-order chi connectivity index (χ0) is 13.7. The van der Waals surface area contributed by atoms with Crippen molar-refractivity contribution in [1.29, 1.82) is 0 Å². The monoisotopic (exact) mass is 278 g/mol. The molecule has 0 saturated carbocycles. The van der Waals surface area contributed by atoms with Crippen LogP contribution < -0.4 is 5.32 Å². The Morgan fingerprint density at radius 3 is 2.79 bits per heavy atom. The number of rotatable bonds is 5. The molecule has 0 aliphatic heterocycles. The maximum Gasteiger partial charge on any atom is 0.146 e. The summed E-state index contributed by atoms with van der Waals surface area (Å²) in [6.45, 7) is 2.75. The van der Waals surface area contributed by atoms with Crippen LogP contribution in [0.3, 0.4) is 0 Å². The summed E-state index contributed by atoms with van der Waals surface area (Å²) in [6, 6.07) is 10.7. The van der Waals surface area contributed by atoms with Crippen LogP contribution in [0.2, 0.25) is 5.02 Å². The van der Waals surface area contributed by atoms with Crippen LogP contribution in [0.25, 0.3) is 0 Å². The first-order chi connectivity index (χ1) is 9.22. The number of halogens is 2. The zero-order valence-corrected chi connectivity index (χ0v) is 11.5. The van der Waals surface area contributed by atoms with E-state index in [4.69, 9.17) is 11.6 Å². The Bertz CT molecular complexity index is 531. The minimum atomic E-state index is -0.356. The summed E-state index contributed by atoms with van der Waals surface area (Å²) in [7, 11) is 0. The zero-order valence-electron chi connectivity index (χ0n) is 10.7. The van der Waals surface area contributed by atoms with Crippen molar-refractivity contribution in [3.63, 3.8) is 0 Å². The molecule has 2 nitrogen and oxygen atoms in total. The minimum absolute atomic E-state index is 0.126. The van der Waals surface area contributed by atoms with E-state index in [2.05, 4.69) is 10.3 Å². The maximum absolute atomic E-state index is 14.1. The van der Waals surface area contributed by atoms with Crippen LogP contribution in [0.5, 0.6) is 0 Å². The van der Waals surface area contributed by atoms with E-state index in [0.29, 0.717) is 12.0 Å². The lowest BCUT2D eigenvalue weighted by atomic mass is 10.0. The lowest BCUT2D eigenvalue weighted by molar-refractivity contribution is 0.506. The third-order valence-electron chi connectivity index (χ3n) is 2.95. The van der Waals surface area contributed by atoms with E-state index in [-0.39, 0.29) is 16.9 Å². The summed E-state index contributed by atoms with van der Waals surface area (Å²) in [6.07, 6.45) is 2.37. The number of likely N-dealkylation sites (N-methyl/N-ethyl adjacent to an activating group) is 1. The number of nitrogens with one attached hydrogen (secondary N) is 1. The molecule has 0 radical (unpaired) electrons. The van der Waals surface area contributed by atoms with Gasteiger partial charge in [-0.15, -0.1) is 0 Å². The molecule has 0 fully saturated rings. The molecule has 0 aliphatic rings. The second-order valence-corrected chi connectivity index (χ2v) is 4.69. The number of pyridine rings is 1. The van der Waals surface area contributed by atoms with Crippen LogP contribution in [0.4, 0.5) is 4.39 Å². The lowest BCUT2D eigenvalue weighted by Crippen LogP contribution is -2.24. The summed E-state index contributed by atoms with van der Waals surface area (Å²) < 4.78 is 14.1. The van der Waals surface area contributed by atoms with E-state index < -0.39 is 0 Å². The first-order valence-electron chi connectivity index (χ1n) is 6.29. The highest BCUT2D eigenvalue weighted by atomic mass is 35.5. The van der Waals surface area contributed by atoms with Crippen molar-refractivity contribution in [1.82, 2.24) is 10.3 Å². The molecule has 1 aromatic heterocycles. The summed E-state index contributed by atoms with van der Waals surface area (Å²) in [4.78, 5) is 4.28. The lowest BCUT2D eigenvalue weighted by Gasteiger charge is -2.19. The van der Waals surface area contributed by atoms with Gasteiger partial charge in [0.25, 0.3) is 0 Å². The van der Waals surface area contributed by atoms with Crippen LogP contribution >= 0.6 is 11.6 Å². The Labute approximate surface area is 117 Å². The number of aromatic nitrogens is 1. The van der Waals surface area contributed by atoms with Gasteiger partial charge in [0, 0.05) is 29.9 Å². The molecule has 0 bridgehead atoms. The van der Waals surface area contributed by atoms with Crippen LogP contribution in [-0.2, 0) is 6.42 Å². The van der Waals surface area contributed by atoms with Crippen LogP contribution in [-0.4, -0.2) is 11.5 Å². The van der Waals surface area contributed by atoms with E-state index in [0.717, 1.165) is 12.2 Å². The van der Waals surface area contributed by atoms with Crippen LogP contribution in [0.1, 0.15) is 24.2 Å². The third-order valence-corrected chi connectivity index (χ3v) is 3.24. The van der Waals surface area contributed by atoms with Gasteiger partial charge >= 0.3 is 0 Å². The Kier molecular flexibility index (Phi) is 4.88. The second-order valence-electron chi connectivity index (χ2n) is 4.28. The van der Waals surface area contributed by atoms with E-state index in [1.165, 1.54) is 0 Å². The van der Waals surface area contributed by atoms with Crippen LogP contribution in [0.15, 0.2) is 42.6 Å². The fourth-order valence-corrected chi connectivity index (χ4v) is 2.24. The predicted octanol–water partition coefficient (Wildman–Crippen LogP) is 3.77. The average molecular weight is 279 g/mol. The Morgan fingerprint density at radius 2 is 2.11 bits per heavy atom. The van der Waals surface area contributed by atoms with Crippen molar-refractivity contribution >= 4 is 11.6 Å². The smallest absolute Gasteiger partial charge is 0.146 e. The van der Waals surface area contributed by atoms with Gasteiger partial charge in [-0.3, -0.25) is 4.98 Å². The molecule has 0 amide bonds. The first kappa shape index (κ1) is 14.0. The highest BCUT2D eigenvalue weighted by Crippen LogP contribution is 2.25. The fourth-order valence-electron chi connectivity index (χ4n) is 2.06. The quantitative estimate of drug-likeness (QED) is 0.901. The van der Waals surface area contributed by atoms with E-state index >= 15 is 0 Å². The van der Waals surface area contributed by atoms with Gasteiger partial charge in [-0.05, 0) is 24.7 Å². The number of hydrogen-bond donors (Lipinski definition) is 1. The van der Waals surface area contributed by atoms with E-state index in [1.807, 2.05) is 25.1 Å². The standard InChI is InChI=1S/C15H16ClFN2/c1-2-18-14(10-11-6-3-4-9-19-11)12-7-5-8-13(16)15(12)17/h3-9,14,18H,2,10H2,1H3. The summed E-state index contributed by atoms with van der Waals surface area (Å²) in [5, 5.41) is 3.43. The van der Waals surface area contributed by atoms with Gasteiger partial charge in [0.05, 0.1) is 5.02 Å². The molecule has 1 heterocycles. The maximum atomic E-state index is 14.1. The van der Waals surface area contributed by atoms with Crippen LogP contribution in [0, 0.1) is 5.82 Å². The van der Waals surface area contributed by atoms with Crippen molar-refractivity contribution in [2.24, 2.45) is 0 Å². The molecule has 100 valence electrons. The normalized spacial score (nSPS) is 12.4. The van der Waals surface area contributed by atoms with Gasteiger partial charge in [-0.2, -0.15) is 0 Å². The average Bonchev–Trinajstić information content (AvgIpc) is 2.43. The third kappa shape index (κ3) is 3.52. The molecule has 2 aromatic rings. The molecular formula is C15H16ClFN2. The van der Waals surface area contributed by atoms with Crippen molar-refractivity contribution < 1.29 is 4.39 Å². The Morgan fingerprint density at radius 1 is 1.26 bits per heavy atom. The van der Waals surface area contributed by atoms with Gasteiger partial charge in [0.1, 0.15) is 5.82 Å². The minimum Gasteiger partial charge on any atom is -0.310 e. The summed E-state index contributed by atoms with van der Waals surface area (Å²) in [5.74, 6) is -0.356. The highest BCUT2D eigenvalue weighted by molar-refractivity contribution is 6.30. The van der Waals surface area contributed by atoms with Gasteiger partial charge in [0.2, 0.25) is 0 Å². The van der Waals surface area contributed by atoms with Gasteiger partial charge < -0.3 is 5.32 Å².